The van der Waals surface area contributed by atoms with Crippen molar-refractivity contribution in [3.05, 3.63) is 36.4 Å². The summed E-state index contributed by atoms with van der Waals surface area (Å²) in [5.41, 5.74) is 0.510. The van der Waals surface area contributed by atoms with E-state index in [0.717, 1.165) is 12.8 Å². The zero-order valence-electron chi connectivity index (χ0n) is 13.5. The third kappa shape index (κ3) is 4.03. The van der Waals surface area contributed by atoms with E-state index in [9.17, 15) is 13.2 Å². The van der Waals surface area contributed by atoms with Gasteiger partial charge in [0.15, 0.2) is 0 Å². The molecule has 24 heavy (non-hydrogen) atoms. The molecule has 1 fully saturated rings. The van der Waals surface area contributed by atoms with Gasteiger partial charge in [-0.1, -0.05) is 18.2 Å². The predicted octanol–water partition coefficient (Wildman–Crippen LogP) is 2.00. The molecule has 6 nitrogen and oxygen atoms in total. The van der Waals surface area contributed by atoms with Crippen LogP contribution < -0.4 is 5.32 Å². The number of benzene rings is 1. The van der Waals surface area contributed by atoms with Crippen LogP contribution in [0.2, 0.25) is 0 Å². The summed E-state index contributed by atoms with van der Waals surface area (Å²) in [6, 6.07) is 6.44. The molecule has 1 saturated heterocycles. The number of allylic oxidation sites excluding steroid dienone is 2. The van der Waals surface area contributed by atoms with Gasteiger partial charge in [-0.25, -0.2) is 8.42 Å². The first-order chi connectivity index (χ1) is 11.6. The number of ether oxygens (including phenoxy) is 1. The Morgan fingerprint density at radius 1 is 1.29 bits per heavy atom. The van der Waals surface area contributed by atoms with E-state index in [1.807, 2.05) is 0 Å². The molecule has 1 aliphatic heterocycles. The molecule has 3 rings (SSSR count). The minimum atomic E-state index is -3.55. The molecule has 1 aromatic carbocycles. The van der Waals surface area contributed by atoms with Gasteiger partial charge in [0.25, 0.3) is 0 Å². The number of hydrogen-bond donors (Lipinski definition) is 1. The maximum absolute atomic E-state index is 12.7. The van der Waals surface area contributed by atoms with Crippen LogP contribution in [0, 0.1) is 5.92 Å². The second-order valence-electron chi connectivity index (χ2n) is 6.06. The number of rotatable bonds is 5. The van der Waals surface area contributed by atoms with Crippen molar-refractivity contribution in [3.8, 4) is 0 Å². The van der Waals surface area contributed by atoms with Gasteiger partial charge in [-0.05, 0) is 37.0 Å². The van der Waals surface area contributed by atoms with Crippen LogP contribution in [0.15, 0.2) is 41.3 Å². The highest BCUT2D eigenvalue weighted by atomic mass is 32.2. The van der Waals surface area contributed by atoms with Crippen molar-refractivity contribution in [1.29, 1.82) is 0 Å². The number of anilines is 1. The summed E-state index contributed by atoms with van der Waals surface area (Å²) >= 11 is 0. The Bertz CT molecular complexity index is 724. The van der Waals surface area contributed by atoms with E-state index >= 15 is 0 Å². The number of hydrogen-bond acceptors (Lipinski definition) is 4. The third-order valence-electron chi connectivity index (χ3n) is 4.29. The summed E-state index contributed by atoms with van der Waals surface area (Å²) in [6.07, 6.45) is 6.60. The van der Waals surface area contributed by atoms with Gasteiger partial charge in [0, 0.05) is 25.2 Å². The number of nitrogens with one attached hydrogen (secondary N) is 1. The van der Waals surface area contributed by atoms with E-state index in [2.05, 4.69) is 17.5 Å². The maximum Gasteiger partial charge on any atom is 0.243 e. The summed E-state index contributed by atoms with van der Waals surface area (Å²) in [6.45, 7) is 1.52. The zero-order valence-corrected chi connectivity index (χ0v) is 14.3. The SMILES string of the molecule is O=C(C[C@H]1C=CCC1)Nc1cccc(S(=O)(=O)N2CCOCC2)c1. The minimum absolute atomic E-state index is 0.0903. The smallest absolute Gasteiger partial charge is 0.243 e. The molecule has 1 aliphatic carbocycles. The zero-order chi connectivity index (χ0) is 17.0. The first-order valence-electron chi connectivity index (χ1n) is 8.20. The lowest BCUT2D eigenvalue weighted by atomic mass is 10.1. The Kier molecular flexibility index (Phi) is 5.33. The van der Waals surface area contributed by atoms with E-state index in [-0.39, 0.29) is 16.7 Å². The van der Waals surface area contributed by atoms with E-state index in [1.165, 1.54) is 10.4 Å². The van der Waals surface area contributed by atoms with Crippen LogP contribution in [0.1, 0.15) is 19.3 Å². The van der Waals surface area contributed by atoms with Crippen molar-refractivity contribution in [2.75, 3.05) is 31.6 Å². The summed E-state index contributed by atoms with van der Waals surface area (Å²) in [5.74, 6) is 0.192. The van der Waals surface area contributed by atoms with Crippen LogP contribution in [0.4, 0.5) is 5.69 Å². The molecular weight excluding hydrogens is 328 g/mol. The van der Waals surface area contributed by atoms with Crippen LogP contribution >= 0.6 is 0 Å². The average Bonchev–Trinajstić information content (AvgIpc) is 3.08. The van der Waals surface area contributed by atoms with Gasteiger partial charge in [0.1, 0.15) is 0 Å². The monoisotopic (exact) mass is 350 g/mol. The number of morpholine rings is 1. The van der Waals surface area contributed by atoms with Gasteiger partial charge in [-0.15, -0.1) is 0 Å². The van der Waals surface area contributed by atoms with E-state index < -0.39 is 10.0 Å². The van der Waals surface area contributed by atoms with Crippen molar-refractivity contribution in [2.24, 2.45) is 5.92 Å². The summed E-state index contributed by atoms with van der Waals surface area (Å²) in [4.78, 5) is 12.3. The molecule has 0 unspecified atom stereocenters. The van der Waals surface area contributed by atoms with Gasteiger partial charge in [0.05, 0.1) is 18.1 Å². The van der Waals surface area contributed by atoms with Crippen molar-refractivity contribution < 1.29 is 17.9 Å². The minimum Gasteiger partial charge on any atom is -0.379 e. The van der Waals surface area contributed by atoms with Crippen LogP contribution in [-0.4, -0.2) is 44.9 Å². The Balaban J connectivity index is 1.69. The lowest BCUT2D eigenvalue weighted by Gasteiger charge is -2.26. The number of sulfonamides is 1. The normalized spacial score (nSPS) is 21.8. The average molecular weight is 350 g/mol. The molecule has 0 aromatic heterocycles. The molecule has 130 valence electrons. The molecular formula is C17H22N2O4S. The topological polar surface area (TPSA) is 75.7 Å². The predicted molar refractivity (Wildman–Crippen MR) is 91.1 cm³/mol. The Morgan fingerprint density at radius 2 is 2.08 bits per heavy atom. The molecule has 0 bridgehead atoms. The molecule has 1 aromatic rings. The highest BCUT2D eigenvalue weighted by molar-refractivity contribution is 7.89. The van der Waals surface area contributed by atoms with E-state index in [4.69, 9.17) is 4.74 Å². The van der Waals surface area contributed by atoms with Crippen molar-refractivity contribution in [2.45, 2.75) is 24.2 Å². The highest BCUT2D eigenvalue weighted by Crippen LogP contribution is 2.23. The maximum atomic E-state index is 12.7. The Hall–Kier alpha value is -1.70. The van der Waals surface area contributed by atoms with Crippen LogP contribution in [-0.2, 0) is 19.6 Å². The van der Waals surface area contributed by atoms with E-state index in [1.54, 1.807) is 18.2 Å². The van der Waals surface area contributed by atoms with Crippen LogP contribution in [0.5, 0.6) is 0 Å². The second-order valence-corrected chi connectivity index (χ2v) is 8.00. The molecule has 1 N–H and O–H groups in total. The molecule has 0 radical (unpaired) electrons. The largest absolute Gasteiger partial charge is 0.379 e. The van der Waals surface area contributed by atoms with Gasteiger partial charge >= 0.3 is 0 Å². The number of carbonyl (C=O) groups excluding carboxylic acids is 1. The molecule has 1 atom stereocenters. The van der Waals surface area contributed by atoms with Crippen molar-refractivity contribution >= 4 is 21.6 Å². The number of nitrogens with zero attached hydrogens (tertiary/aromatic N) is 1. The van der Waals surface area contributed by atoms with E-state index in [0.29, 0.717) is 38.4 Å². The fraction of sp³-hybridized carbons (Fsp3) is 0.471. The Morgan fingerprint density at radius 3 is 2.79 bits per heavy atom. The first kappa shape index (κ1) is 17.1. The van der Waals surface area contributed by atoms with Gasteiger partial charge in [-0.2, -0.15) is 4.31 Å². The third-order valence-corrected chi connectivity index (χ3v) is 6.18. The molecule has 2 aliphatic rings. The molecule has 0 spiro atoms. The quantitative estimate of drug-likeness (QED) is 0.824. The number of amides is 1. The van der Waals surface area contributed by atoms with Crippen LogP contribution in [0.25, 0.3) is 0 Å². The van der Waals surface area contributed by atoms with Gasteiger partial charge in [-0.3, -0.25) is 4.79 Å². The van der Waals surface area contributed by atoms with Crippen molar-refractivity contribution in [1.82, 2.24) is 4.31 Å². The van der Waals surface area contributed by atoms with Crippen molar-refractivity contribution in [3.63, 3.8) is 0 Å². The van der Waals surface area contributed by atoms with Crippen LogP contribution in [0.3, 0.4) is 0 Å². The summed E-state index contributed by atoms with van der Waals surface area (Å²) in [5, 5.41) is 2.80. The number of carbonyl (C=O) groups is 1. The second kappa shape index (κ2) is 7.46. The van der Waals surface area contributed by atoms with Gasteiger partial charge < -0.3 is 10.1 Å². The molecule has 7 heteroatoms. The van der Waals surface area contributed by atoms with Gasteiger partial charge in [0.2, 0.25) is 15.9 Å². The first-order valence-corrected chi connectivity index (χ1v) is 9.64. The molecule has 1 amide bonds. The fourth-order valence-electron chi connectivity index (χ4n) is 2.99. The molecule has 0 saturated carbocycles. The lowest BCUT2D eigenvalue weighted by molar-refractivity contribution is -0.116. The highest BCUT2D eigenvalue weighted by Gasteiger charge is 2.26. The standard InChI is InChI=1S/C17H22N2O4S/c20-17(12-14-4-1-2-5-14)18-15-6-3-7-16(13-15)24(21,22)19-8-10-23-11-9-19/h1,3-4,6-7,13-14H,2,5,8-12H2,(H,18,20)/t14-/m0/s1. The Labute approximate surface area is 142 Å². The fourth-order valence-corrected chi connectivity index (χ4v) is 4.44. The lowest BCUT2D eigenvalue weighted by Crippen LogP contribution is -2.40. The molecule has 1 heterocycles. The summed E-state index contributed by atoms with van der Waals surface area (Å²) in [7, 11) is -3.55. The summed E-state index contributed by atoms with van der Waals surface area (Å²) < 4.78 is 31.9.